The predicted molar refractivity (Wildman–Crippen MR) is 72.1 cm³/mol. The number of nitrogens with zero attached hydrogens (tertiary/aromatic N) is 3. The lowest BCUT2D eigenvalue weighted by atomic mass is 10.0. The van der Waals surface area contributed by atoms with Gasteiger partial charge in [0.25, 0.3) is 0 Å². The van der Waals surface area contributed by atoms with E-state index >= 15 is 0 Å². The van der Waals surface area contributed by atoms with Crippen LogP contribution < -0.4 is 5.73 Å². The lowest BCUT2D eigenvalue weighted by Crippen LogP contribution is -2.37. The minimum absolute atomic E-state index is 0.664. The minimum atomic E-state index is 0.664. The molecule has 4 nitrogen and oxygen atoms in total. The van der Waals surface area contributed by atoms with E-state index in [2.05, 4.69) is 21.5 Å². The van der Waals surface area contributed by atoms with Crippen molar-refractivity contribution in [2.45, 2.75) is 50.7 Å². The van der Waals surface area contributed by atoms with E-state index in [1.165, 1.54) is 37.8 Å². The van der Waals surface area contributed by atoms with Crippen LogP contribution in [0.25, 0.3) is 0 Å². The van der Waals surface area contributed by atoms with E-state index in [0.29, 0.717) is 12.0 Å². The summed E-state index contributed by atoms with van der Waals surface area (Å²) in [5.41, 5.74) is 7.24. The molecule has 1 aromatic heterocycles. The monoisotopic (exact) mass is 248 g/mol. The van der Waals surface area contributed by atoms with Crippen LogP contribution in [0.5, 0.6) is 0 Å². The molecule has 2 aliphatic rings. The molecule has 4 heteroatoms. The molecule has 1 aromatic rings. The number of nitrogens with two attached hydrogens (primary N) is 1. The molecule has 1 heterocycles. The Hall–Kier alpha value is -0.870. The van der Waals surface area contributed by atoms with E-state index in [9.17, 15) is 0 Å². The fraction of sp³-hybridized carbons (Fsp3) is 0.786. The second-order valence-electron chi connectivity index (χ2n) is 5.93. The van der Waals surface area contributed by atoms with Gasteiger partial charge in [0, 0.05) is 24.8 Å². The second-order valence-corrected chi connectivity index (χ2v) is 5.93. The van der Waals surface area contributed by atoms with Crippen LogP contribution in [0.1, 0.15) is 43.8 Å². The molecule has 2 fully saturated rings. The predicted octanol–water partition coefficient (Wildman–Crippen LogP) is 1.78. The Balaban J connectivity index is 1.66. The van der Waals surface area contributed by atoms with E-state index in [-0.39, 0.29) is 0 Å². The fourth-order valence-corrected chi connectivity index (χ4v) is 3.38. The standard InChI is InChI=1S/C14H24N4/c1-17(14-4-2-3-11(14)7-15)9-13-8-16-10-18(13)12-5-6-12/h8,10-12,14H,2-7,9,15H2,1H3. The van der Waals surface area contributed by atoms with E-state index in [0.717, 1.165) is 19.1 Å². The molecular weight excluding hydrogens is 224 g/mol. The first kappa shape index (κ1) is 12.2. The van der Waals surface area contributed by atoms with Gasteiger partial charge in [0.05, 0.1) is 12.0 Å². The van der Waals surface area contributed by atoms with Crippen LogP contribution in [0.15, 0.2) is 12.5 Å². The first-order chi connectivity index (χ1) is 8.79. The van der Waals surface area contributed by atoms with Gasteiger partial charge in [-0.25, -0.2) is 4.98 Å². The number of hydrogen-bond donors (Lipinski definition) is 1. The first-order valence-corrected chi connectivity index (χ1v) is 7.20. The third-order valence-corrected chi connectivity index (χ3v) is 4.59. The lowest BCUT2D eigenvalue weighted by Gasteiger charge is -2.29. The lowest BCUT2D eigenvalue weighted by molar-refractivity contribution is 0.188. The van der Waals surface area contributed by atoms with E-state index < -0.39 is 0 Å². The van der Waals surface area contributed by atoms with Gasteiger partial charge in [0.1, 0.15) is 0 Å². The molecule has 18 heavy (non-hydrogen) atoms. The van der Waals surface area contributed by atoms with Crippen LogP contribution in [0, 0.1) is 5.92 Å². The topological polar surface area (TPSA) is 47.1 Å². The Kier molecular flexibility index (Phi) is 3.39. The summed E-state index contributed by atoms with van der Waals surface area (Å²) in [6.45, 7) is 1.84. The zero-order valence-electron chi connectivity index (χ0n) is 11.3. The molecule has 0 radical (unpaired) electrons. The van der Waals surface area contributed by atoms with Gasteiger partial charge in [0.2, 0.25) is 0 Å². The molecule has 0 aliphatic heterocycles. The summed E-state index contributed by atoms with van der Waals surface area (Å²) < 4.78 is 2.36. The summed E-state index contributed by atoms with van der Waals surface area (Å²) in [4.78, 5) is 6.80. The Morgan fingerprint density at radius 2 is 2.22 bits per heavy atom. The minimum Gasteiger partial charge on any atom is -0.330 e. The van der Waals surface area contributed by atoms with Gasteiger partial charge >= 0.3 is 0 Å². The summed E-state index contributed by atoms with van der Waals surface area (Å²) in [5, 5.41) is 0. The van der Waals surface area contributed by atoms with Crippen LogP contribution in [-0.4, -0.2) is 34.1 Å². The molecule has 2 unspecified atom stereocenters. The van der Waals surface area contributed by atoms with Crippen molar-refractivity contribution in [1.29, 1.82) is 0 Å². The second kappa shape index (κ2) is 5.02. The summed E-state index contributed by atoms with van der Waals surface area (Å²) in [7, 11) is 2.24. The molecule has 0 spiro atoms. The van der Waals surface area contributed by atoms with Crippen LogP contribution in [-0.2, 0) is 6.54 Å². The van der Waals surface area contributed by atoms with Gasteiger partial charge < -0.3 is 10.3 Å². The Labute approximate surface area is 109 Å². The molecule has 0 saturated heterocycles. The molecule has 100 valence electrons. The molecule has 2 N–H and O–H groups in total. The van der Waals surface area contributed by atoms with Crippen LogP contribution in [0.4, 0.5) is 0 Å². The van der Waals surface area contributed by atoms with Crippen LogP contribution in [0.3, 0.4) is 0 Å². The van der Waals surface area contributed by atoms with E-state index in [1.807, 2.05) is 12.5 Å². The van der Waals surface area contributed by atoms with Gasteiger partial charge in [-0.1, -0.05) is 6.42 Å². The quantitative estimate of drug-likeness (QED) is 0.864. The normalized spacial score (nSPS) is 28.2. The highest BCUT2D eigenvalue weighted by molar-refractivity contribution is 5.04. The highest BCUT2D eigenvalue weighted by Crippen LogP contribution is 2.36. The summed E-state index contributed by atoms with van der Waals surface area (Å²) in [6.07, 6.45) is 10.6. The van der Waals surface area contributed by atoms with Crippen LogP contribution >= 0.6 is 0 Å². The average Bonchev–Trinajstić information content (AvgIpc) is 2.93. The molecule has 0 amide bonds. The SMILES string of the molecule is CN(Cc1cncn1C1CC1)C1CCCC1CN. The smallest absolute Gasteiger partial charge is 0.0951 e. The summed E-state index contributed by atoms with van der Waals surface area (Å²) in [5.74, 6) is 0.687. The number of aromatic nitrogens is 2. The van der Waals surface area contributed by atoms with E-state index in [1.54, 1.807) is 0 Å². The third kappa shape index (κ3) is 2.31. The van der Waals surface area contributed by atoms with Gasteiger partial charge in [-0.05, 0) is 45.2 Å². The summed E-state index contributed by atoms with van der Waals surface area (Å²) in [6, 6.07) is 1.39. The van der Waals surface area contributed by atoms with Gasteiger partial charge in [-0.15, -0.1) is 0 Å². The van der Waals surface area contributed by atoms with Gasteiger partial charge in [0.15, 0.2) is 0 Å². The number of rotatable bonds is 5. The van der Waals surface area contributed by atoms with Crippen molar-refractivity contribution in [3.63, 3.8) is 0 Å². The van der Waals surface area contributed by atoms with Crippen molar-refractivity contribution in [2.75, 3.05) is 13.6 Å². The zero-order valence-corrected chi connectivity index (χ0v) is 11.3. The Bertz CT molecular complexity index is 396. The Morgan fingerprint density at radius 3 is 2.94 bits per heavy atom. The summed E-state index contributed by atoms with van der Waals surface area (Å²) >= 11 is 0. The third-order valence-electron chi connectivity index (χ3n) is 4.59. The number of hydrogen-bond acceptors (Lipinski definition) is 3. The van der Waals surface area contributed by atoms with Crippen LogP contribution in [0.2, 0.25) is 0 Å². The van der Waals surface area contributed by atoms with Gasteiger partial charge in [-0.2, -0.15) is 0 Å². The molecular formula is C14H24N4. The molecule has 3 rings (SSSR count). The molecule has 0 bridgehead atoms. The maximum absolute atomic E-state index is 5.88. The van der Waals surface area contributed by atoms with Crippen molar-refractivity contribution in [3.8, 4) is 0 Å². The largest absolute Gasteiger partial charge is 0.330 e. The molecule has 0 aromatic carbocycles. The van der Waals surface area contributed by atoms with Crippen molar-refractivity contribution in [1.82, 2.24) is 14.5 Å². The maximum atomic E-state index is 5.88. The van der Waals surface area contributed by atoms with Crippen molar-refractivity contribution in [3.05, 3.63) is 18.2 Å². The molecule has 2 aliphatic carbocycles. The fourth-order valence-electron chi connectivity index (χ4n) is 3.38. The number of imidazole rings is 1. The molecule has 2 saturated carbocycles. The van der Waals surface area contributed by atoms with Gasteiger partial charge in [-0.3, -0.25) is 4.90 Å². The van der Waals surface area contributed by atoms with E-state index in [4.69, 9.17) is 5.73 Å². The average molecular weight is 248 g/mol. The van der Waals surface area contributed by atoms with Crippen molar-refractivity contribution < 1.29 is 0 Å². The highest BCUT2D eigenvalue weighted by Gasteiger charge is 2.31. The highest BCUT2D eigenvalue weighted by atomic mass is 15.2. The Morgan fingerprint density at radius 1 is 1.39 bits per heavy atom. The van der Waals surface area contributed by atoms with Crippen molar-refractivity contribution >= 4 is 0 Å². The van der Waals surface area contributed by atoms with Crippen molar-refractivity contribution in [2.24, 2.45) is 11.7 Å². The maximum Gasteiger partial charge on any atom is 0.0951 e. The first-order valence-electron chi connectivity index (χ1n) is 7.20. The molecule has 2 atom stereocenters. The zero-order chi connectivity index (χ0) is 12.5.